The molecule has 5 nitrogen and oxygen atoms in total. The van der Waals surface area contributed by atoms with Gasteiger partial charge in [0.1, 0.15) is 5.82 Å². The Balaban J connectivity index is 0.00000180. The molecule has 1 saturated carbocycles. The Morgan fingerprint density at radius 2 is 2.05 bits per heavy atom. The zero-order chi connectivity index (χ0) is 13.1. The lowest BCUT2D eigenvalue weighted by Crippen LogP contribution is -2.35. The lowest BCUT2D eigenvalue weighted by atomic mass is 10.3. The molecule has 1 aromatic heterocycles. The highest BCUT2D eigenvalue weighted by Crippen LogP contribution is 2.24. The molecule has 0 saturated heterocycles. The fraction of sp³-hybridized carbons (Fsp3) is 0.538. The predicted octanol–water partition coefficient (Wildman–Crippen LogP) is 1.67. The highest BCUT2D eigenvalue weighted by atomic mass is 127. The number of rotatable bonds is 4. The number of nitrogens with two attached hydrogens (primary N) is 1. The minimum absolute atomic E-state index is 0. The molecule has 0 unspecified atom stereocenters. The molecule has 0 bridgehead atoms. The summed E-state index contributed by atoms with van der Waals surface area (Å²) >= 11 is 0. The van der Waals surface area contributed by atoms with E-state index < -0.39 is 0 Å². The van der Waals surface area contributed by atoms with E-state index in [1.807, 2.05) is 44.2 Å². The van der Waals surface area contributed by atoms with Gasteiger partial charge in [-0.05, 0) is 25.0 Å². The SMILES string of the molecule is CN(C)c1cccc(CN=C(N)N(C)C2CC2)n1.I. The number of hydrogen-bond acceptors (Lipinski definition) is 3. The monoisotopic (exact) mass is 375 g/mol. The van der Waals surface area contributed by atoms with Gasteiger partial charge < -0.3 is 15.5 Å². The fourth-order valence-electron chi connectivity index (χ4n) is 1.73. The average Bonchev–Trinajstić information content (AvgIpc) is 3.19. The Bertz CT molecular complexity index is 442. The van der Waals surface area contributed by atoms with Gasteiger partial charge in [0.15, 0.2) is 5.96 Å². The van der Waals surface area contributed by atoms with Crippen LogP contribution in [0.5, 0.6) is 0 Å². The molecule has 1 heterocycles. The summed E-state index contributed by atoms with van der Waals surface area (Å²) in [5, 5.41) is 0. The van der Waals surface area contributed by atoms with Crippen LogP contribution in [0.3, 0.4) is 0 Å². The van der Waals surface area contributed by atoms with Gasteiger partial charge in [0, 0.05) is 27.2 Å². The second kappa shape index (κ2) is 6.93. The summed E-state index contributed by atoms with van der Waals surface area (Å²) in [7, 11) is 5.95. The molecule has 6 heteroatoms. The molecule has 0 aliphatic heterocycles. The van der Waals surface area contributed by atoms with Crippen LogP contribution in [0.2, 0.25) is 0 Å². The van der Waals surface area contributed by atoms with Gasteiger partial charge in [0.25, 0.3) is 0 Å². The maximum absolute atomic E-state index is 5.94. The summed E-state index contributed by atoms with van der Waals surface area (Å²) in [5.74, 6) is 1.55. The zero-order valence-corrected chi connectivity index (χ0v) is 14.0. The maximum Gasteiger partial charge on any atom is 0.191 e. The van der Waals surface area contributed by atoms with Gasteiger partial charge in [-0.3, -0.25) is 0 Å². The van der Waals surface area contributed by atoms with Gasteiger partial charge >= 0.3 is 0 Å². The molecule has 0 amide bonds. The number of nitrogens with zero attached hydrogens (tertiary/aromatic N) is 4. The molecule has 1 fully saturated rings. The second-order valence-corrected chi connectivity index (χ2v) is 4.90. The fourth-order valence-corrected chi connectivity index (χ4v) is 1.73. The predicted molar refractivity (Wildman–Crippen MR) is 90.1 cm³/mol. The average molecular weight is 375 g/mol. The van der Waals surface area contributed by atoms with Crippen molar-refractivity contribution < 1.29 is 0 Å². The Hall–Kier alpha value is -1.05. The van der Waals surface area contributed by atoms with Gasteiger partial charge in [-0.15, -0.1) is 24.0 Å². The van der Waals surface area contributed by atoms with Gasteiger partial charge in [0.2, 0.25) is 0 Å². The summed E-state index contributed by atoms with van der Waals surface area (Å²) in [5.41, 5.74) is 6.88. The van der Waals surface area contributed by atoms with Crippen LogP contribution in [0.25, 0.3) is 0 Å². The molecule has 2 rings (SSSR count). The normalized spacial score (nSPS) is 14.8. The van der Waals surface area contributed by atoms with Crippen molar-refractivity contribution in [3.63, 3.8) is 0 Å². The topological polar surface area (TPSA) is 57.8 Å². The van der Waals surface area contributed by atoms with E-state index >= 15 is 0 Å². The van der Waals surface area contributed by atoms with Crippen molar-refractivity contribution in [3.8, 4) is 0 Å². The molecule has 2 N–H and O–H groups in total. The van der Waals surface area contributed by atoms with Crippen molar-refractivity contribution in [2.45, 2.75) is 25.4 Å². The third-order valence-electron chi connectivity index (χ3n) is 3.11. The molecule has 1 aliphatic rings. The molecule has 0 spiro atoms. The van der Waals surface area contributed by atoms with Crippen molar-refractivity contribution in [2.24, 2.45) is 10.7 Å². The van der Waals surface area contributed by atoms with Crippen LogP contribution in [-0.4, -0.2) is 43.0 Å². The lowest BCUT2D eigenvalue weighted by Gasteiger charge is -2.17. The van der Waals surface area contributed by atoms with E-state index in [1.54, 1.807) is 0 Å². The molecule has 1 aliphatic carbocycles. The summed E-state index contributed by atoms with van der Waals surface area (Å²) in [6.07, 6.45) is 2.45. The number of guanidine groups is 1. The van der Waals surface area contributed by atoms with E-state index in [1.165, 1.54) is 12.8 Å². The quantitative estimate of drug-likeness (QED) is 0.494. The Labute approximate surface area is 131 Å². The minimum Gasteiger partial charge on any atom is -0.370 e. The van der Waals surface area contributed by atoms with Crippen molar-refractivity contribution in [2.75, 3.05) is 26.0 Å². The van der Waals surface area contributed by atoms with Crippen molar-refractivity contribution >= 4 is 35.8 Å². The van der Waals surface area contributed by atoms with Crippen LogP contribution >= 0.6 is 24.0 Å². The van der Waals surface area contributed by atoms with E-state index in [-0.39, 0.29) is 24.0 Å². The van der Waals surface area contributed by atoms with Crippen LogP contribution in [-0.2, 0) is 6.54 Å². The van der Waals surface area contributed by atoms with Crippen LogP contribution in [0.1, 0.15) is 18.5 Å². The lowest BCUT2D eigenvalue weighted by molar-refractivity contribution is 0.487. The molecule has 0 aromatic carbocycles. The van der Waals surface area contributed by atoms with Crippen LogP contribution in [0.4, 0.5) is 5.82 Å². The van der Waals surface area contributed by atoms with E-state index in [4.69, 9.17) is 5.73 Å². The highest BCUT2D eigenvalue weighted by Gasteiger charge is 2.27. The smallest absolute Gasteiger partial charge is 0.191 e. The van der Waals surface area contributed by atoms with Crippen LogP contribution < -0.4 is 10.6 Å². The number of aromatic nitrogens is 1. The van der Waals surface area contributed by atoms with E-state index in [9.17, 15) is 0 Å². The molecular weight excluding hydrogens is 353 g/mol. The molecule has 106 valence electrons. The Kier molecular flexibility index (Phi) is 5.84. The Morgan fingerprint density at radius 1 is 1.37 bits per heavy atom. The van der Waals surface area contributed by atoms with Gasteiger partial charge in [-0.25, -0.2) is 9.98 Å². The van der Waals surface area contributed by atoms with Gasteiger partial charge in [-0.1, -0.05) is 6.07 Å². The number of hydrogen-bond donors (Lipinski definition) is 1. The van der Waals surface area contributed by atoms with Crippen molar-refractivity contribution in [1.29, 1.82) is 0 Å². The third kappa shape index (κ3) is 4.52. The highest BCUT2D eigenvalue weighted by molar-refractivity contribution is 14.0. The minimum atomic E-state index is 0. The first kappa shape index (κ1) is 16.0. The Morgan fingerprint density at radius 3 is 2.63 bits per heavy atom. The number of halogens is 1. The van der Waals surface area contributed by atoms with Crippen molar-refractivity contribution in [3.05, 3.63) is 23.9 Å². The first-order valence-electron chi connectivity index (χ1n) is 6.24. The number of pyridine rings is 1. The summed E-state index contributed by atoms with van der Waals surface area (Å²) < 4.78 is 0. The van der Waals surface area contributed by atoms with Gasteiger partial charge in [-0.2, -0.15) is 0 Å². The van der Waals surface area contributed by atoms with Crippen molar-refractivity contribution in [1.82, 2.24) is 9.88 Å². The molecule has 19 heavy (non-hydrogen) atoms. The molecular formula is C13H22IN5. The van der Waals surface area contributed by atoms with Gasteiger partial charge in [0.05, 0.1) is 12.2 Å². The molecule has 0 atom stereocenters. The maximum atomic E-state index is 5.94. The van der Waals surface area contributed by atoms with Crippen LogP contribution in [0.15, 0.2) is 23.2 Å². The summed E-state index contributed by atoms with van der Waals surface area (Å²) in [4.78, 5) is 12.9. The number of aliphatic imine (C=N–C) groups is 1. The molecule has 1 aromatic rings. The van der Waals surface area contributed by atoms with Crippen LogP contribution in [0, 0.1) is 0 Å². The molecule has 0 radical (unpaired) electrons. The first-order valence-corrected chi connectivity index (χ1v) is 6.24. The third-order valence-corrected chi connectivity index (χ3v) is 3.11. The second-order valence-electron chi connectivity index (χ2n) is 4.90. The zero-order valence-electron chi connectivity index (χ0n) is 11.7. The largest absolute Gasteiger partial charge is 0.370 e. The standard InChI is InChI=1S/C13H21N5.HI/c1-17(2)12-6-4-5-10(16-12)9-15-13(14)18(3)11-7-8-11;/h4-6,11H,7-9H2,1-3H3,(H2,14,15);1H. The number of anilines is 1. The first-order chi connectivity index (χ1) is 8.58. The van der Waals surface area contributed by atoms with E-state index in [2.05, 4.69) is 14.9 Å². The van der Waals surface area contributed by atoms with E-state index in [0.29, 0.717) is 18.5 Å². The summed E-state index contributed by atoms with van der Waals surface area (Å²) in [6, 6.07) is 6.54. The summed E-state index contributed by atoms with van der Waals surface area (Å²) in [6.45, 7) is 0.532. The van der Waals surface area contributed by atoms with E-state index in [0.717, 1.165) is 11.5 Å².